The molecule has 0 bridgehead atoms. The van der Waals surface area contributed by atoms with E-state index in [0.717, 1.165) is 26.1 Å². The van der Waals surface area contributed by atoms with Crippen molar-refractivity contribution in [3.63, 3.8) is 0 Å². The van der Waals surface area contributed by atoms with Gasteiger partial charge in [-0.15, -0.1) is 0 Å². The topological polar surface area (TPSA) is 4.93 Å². The van der Waals surface area contributed by atoms with Crippen LogP contribution >= 0.6 is 0 Å². The van der Waals surface area contributed by atoms with Crippen LogP contribution in [0.3, 0.4) is 0 Å². The van der Waals surface area contributed by atoms with E-state index < -0.39 is 0 Å². The van der Waals surface area contributed by atoms with Gasteiger partial charge in [0.25, 0.3) is 0 Å². The fourth-order valence-corrected chi connectivity index (χ4v) is 1.06. The summed E-state index contributed by atoms with van der Waals surface area (Å²) >= 11 is 0.914. The molecule has 1 aromatic heterocycles. The van der Waals surface area contributed by atoms with Gasteiger partial charge in [0.05, 0.1) is 0 Å². The van der Waals surface area contributed by atoms with E-state index in [1.54, 1.807) is 0 Å². The molecule has 6 heavy (non-hydrogen) atoms. The molecule has 0 saturated carbocycles. The summed E-state index contributed by atoms with van der Waals surface area (Å²) in [6, 6.07) is 4.08. The van der Waals surface area contributed by atoms with Crippen LogP contribution in [-0.4, -0.2) is 2.38 Å². The van der Waals surface area contributed by atoms with E-state index in [2.05, 4.69) is 14.8 Å². The van der Waals surface area contributed by atoms with Crippen molar-refractivity contribution in [3.8, 4) is 0 Å². The number of aromatic nitrogens is 1. The fourth-order valence-electron chi connectivity index (χ4n) is 0.370. The van der Waals surface area contributed by atoms with Crippen LogP contribution in [0.25, 0.3) is 0 Å². The Morgan fingerprint density at radius 2 is 1.67 bits per heavy atom. The molecule has 0 saturated heterocycles. The molecule has 0 aliphatic rings. The van der Waals surface area contributed by atoms with Gasteiger partial charge in [0.15, 0.2) is 0 Å². The maximum atomic E-state index is 2.17. The Kier molecular flexibility index (Phi) is 1.29. The third-order valence-corrected chi connectivity index (χ3v) is 1.87. The van der Waals surface area contributed by atoms with Crippen molar-refractivity contribution in [1.82, 2.24) is 2.38 Å². The quantitative estimate of drug-likeness (QED) is 0.518. The van der Waals surface area contributed by atoms with Gasteiger partial charge in [0.2, 0.25) is 0 Å². The van der Waals surface area contributed by atoms with Crippen molar-refractivity contribution < 1.29 is 26.1 Å². The zero-order valence-corrected chi connectivity index (χ0v) is 7.50. The first-order valence-electron chi connectivity index (χ1n) is 1.83. The molecule has 1 heterocycles. The van der Waals surface area contributed by atoms with E-state index in [0.29, 0.717) is 0 Å². The number of nitrogens with zero attached hydrogens (tertiary/aromatic N) is 1. The number of rotatable bonds is 0. The standard InChI is InChI=1S/C4H4N.Cd/c1-2-4-5-3-1;/h1-4H;/q-1;+1. The normalized spacial score (nSPS) is 9.00. The van der Waals surface area contributed by atoms with E-state index in [9.17, 15) is 0 Å². The molecule has 0 aliphatic heterocycles. The van der Waals surface area contributed by atoms with Crippen molar-refractivity contribution >= 4 is 0 Å². The Labute approximate surface area is 53.1 Å². The molecular weight excluding hydrogens is 174 g/mol. The average Bonchev–Trinajstić information content (AvgIpc) is 1.86. The van der Waals surface area contributed by atoms with Gasteiger partial charge in [-0.2, -0.15) is 0 Å². The van der Waals surface area contributed by atoms with Crippen LogP contribution in [0.2, 0.25) is 0 Å². The van der Waals surface area contributed by atoms with Gasteiger partial charge >= 0.3 is 53.0 Å². The predicted molar refractivity (Wildman–Crippen MR) is 19.8 cm³/mol. The van der Waals surface area contributed by atoms with E-state index in [1.807, 2.05) is 12.1 Å². The Morgan fingerprint density at radius 1 is 1.17 bits per heavy atom. The summed E-state index contributed by atoms with van der Waals surface area (Å²) in [7, 11) is 0. The molecule has 0 amide bonds. The zero-order valence-electron chi connectivity index (χ0n) is 3.46. The number of hydrogen-bond donors (Lipinski definition) is 0. The Hall–Kier alpha value is 0.202. The molecule has 1 nitrogen and oxygen atoms in total. The van der Waals surface area contributed by atoms with Crippen molar-refractivity contribution in [2.24, 2.45) is 0 Å². The van der Waals surface area contributed by atoms with Crippen molar-refractivity contribution in [2.75, 3.05) is 0 Å². The van der Waals surface area contributed by atoms with E-state index in [4.69, 9.17) is 0 Å². The molecule has 1 rings (SSSR count). The van der Waals surface area contributed by atoms with Gasteiger partial charge in [-0.05, 0) is 0 Å². The maximum absolute atomic E-state index is 2.17. The molecule has 0 radical (unpaired) electrons. The zero-order chi connectivity index (χ0) is 4.41. The molecule has 2 heteroatoms. The monoisotopic (exact) mass is 180 g/mol. The summed E-state index contributed by atoms with van der Waals surface area (Å²) in [5, 5.41) is 0. The third kappa shape index (κ3) is 0.831. The molecular formula is C4H4CdN. The SMILES string of the molecule is [Cd][n]1cccc1. The summed E-state index contributed by atoms with van der Waals surface area (Å²) in [4.78, 5) is 0. The molecule has 0 aliphatic carbocycles. The number of hydrogen-bond acceptors (Lipinski definition) is 0. The van der Waals surface area contributed by atoms with Crippen molar-refractivity contribution in [1.29, 1.82) is 0 Å². The summed E-state index contributed by atoms with van der Waals surface area (Å²) in [6.07, 6.45) is 4.15. The first-order valence-corrected chi connectivity index (χ1v) is 3.64. The van der Waals surface area contributed by atoms with E-state index in [1.165, 1.54) is 0 Å². The van der Waals surface area contributed by atoms with Crippen molar-refractivity contribution in [2.45, 2.75) is 0 Å². The fraction of sp³-hybridized carbons (Fsp3) is 0. The van der Waals surface area contributed by atoms with Crippen LogP contribution in [0.1, 0.15) is 0 Å². The molecule has 0 spiro atoms. The minimum atomic E-state index is 0.914. The molecule has 27 valence electrons. The summed E-state index contributed by atoms with van der Waals surface area (Å²) in [6.45, 7) is 0. The van der Waals surface area contributed by atoms with Crippen LogP contribution in [-0.2, 0) is 26.1 Å². The van der Waals surface area contributed by atoms with Crippen LogP contribution in [0, 0.1) is 0 Å². The van der Waals surface area contributed by atoms with Gasteiger partial charge in [0.1, 0.15) is 0 Å². The van der Waals surface area contributed by atoms with Crippen LogP contribution < -0.4 is 0 Å². The van der Waals surface area contributed by atoms with E-state index >= 15 is 0 Å². The second-order valence-electron chi connectivity index (χ2n) is 1.20. The molecule has 1 aromatic rings. The molecule has 0 aromatic carbocycles. The summed E-state index contributed by atoms with van der Waals surface area (Å²) < 4.78 is 2.17. The van der Waals surface area contributed by atoms with Crippen molar-refractivity contribution in [3.05, 3.63) is 24.5 Å². The second kappa shape index (κ2) is 1.77. The van der Waals surface area contributed by atoms with Gasteiger partial charge in [-0.1, -0.05) is 0 Å². The second-order valence-corrected chi connectivity index (χ2v) is 3.28. The molecule has 0 atom stereocenters. The van der Waals surface area contributed by atoms with Gasteiger partial charge in [-0.3, -0.25) is 0 Å². The van der Waals surface area contributed by atoms with Gasteiger partial charge in [0, 0.05) is 0 Å². The van der Waals surface area contributed by atoms with Crippen LogP contribution in [0.4, 0.5) is 0 Å². The first kappa shape index (κ1) is 4.36. The Balaban J connectivity index is 3.05. The average molecular weight is 178 g/mol. The Morgan fingerprint density at radius 3 is 1.83 bits per heavy atom. The van der Waals surface area contributed by atoms with E-state index in [-0.39, 0.29) is 0 Å². The van der Waals surface area contributed by atoms with Gasteiger partial charge < -0.3 is 0 Å². The summed E-state index contributed by atoms with van der Waals surface area (Å²) in [5.74, 6) is 0. The third-order valence-electron chi connectivity index (χ3n) is 0.666. The van der Waals surface area contributed by atoms with Crippen LogP contribution in [0.5, 0.6) is 0 Å². The Bertz CT molecular complexity index is 111. The molecule has 0 fully saturated rings. The minimum absolute atomic E-state index is 0.914. The molecule has 0 N–H and O–H groups in total. The van der Waals surface area contributed by atoms with Crippen LogP contribution in [0.15, 0.2) is 24.5 Å². The summed E-state index contributed by atoms with van der Waals surface area (Å²) in [5.41, 5.74) is 0. The predicted octanol–water partition coefficient (Wildman–Crippen LogP) is 0.798. The molecule has 0 unspecified atom stereocenters. The first-order chi connectivity index (χ1) is 2.89. The van der Waals surface area contributed by atoms with Gasteiger partial charge in [-0.25, -0.2) is 0 Å².